The minimum atomic E-state index is -1.03. The minimum absolute atomic E-state index is 0.147. The third kappa shape index (κ3) is 3.98. The van der Waals surface area contributed by atoms with E-state index >= 15 is 0 Å². The van der Waals surface area contributed by atoms with Crippen LogP contribution in [0.15, 0.2) is 18.2 Å². The third-order valence-electron chi connectivity index (χ3n) is 3.00. The van der Waals surface area contributed by atoms with Crippen LogP contribution in [-0.2, 0) is 0 Å². The number of carbonyl (C=O) groups excluding carboxylic acids is 1. The van der Waals surface area contributed by atoms with Gasteiger partial charge in [0.2, 0.25) is 0 Å². The van der Waals surface area contributed by atoms with E-state index in [-0.39, 0.29) is 11.6 Å². The highest BCUT2D eigenvalue weighted by Crippen LogP contribution is 2.20. The van der Waals surface area contributed by atoms with E-state index in [0.29, 0.717) is 24.3 Å². The number of carboxylic acids is 1. The molecule has 20 heavy (non-hydrogen) atoms. The highest BCUT2D eigenvalue weighted by atomic mass is 16.4. The molecule has 5 nitrogen and oxygen atoms in total. The number of urea groups is 1. The number of nitrogens with zero attached hydrogens (tertiary/aromatic N) is 1. The molecule has 0 saturated heterocycles. The van der Waals surface area contributed by atoms with Crippen LogP contribution in [0.4, 0.5) is 10.5 Å². The van der Waals surface area contributed by atoms with E-state index < -0.39 is 5.97 Å². The summed E-state index contributed by atoms with van der Waals surface area (Å²) in [5.41, 5.74) is 1.13. The van der Waals surface area contributed by atoms with Crippen LogP contribution in [0.3, 0.4) is 0 Å². The third-order valence-corrected chi connectivity index (χ3v) is 3.00. The molecule has 1 rings (SSSR count). The second kappa shape index (κ2) is 7.53. The molecule has 0 aliphatic heterocycles. The summed E-state index contributed by atoms with van der Waals surface area (Å²) in [7, 11) is 0. The van der Waals surface area contributed by atoms with Crippen molar-refractivity contribution < 1.29 is 14.7 Å². The molecule has 0 radical (unpaired) electrons. The summed E-state index contributed by atoms with van der Waals surface area (Å²) in [4.78, 5) is 25.2. The molecule has 1 aromatic rings. The Kier molecular flexibility index (Phi) is 6.03. The number of amides is 2. The standard InChI is InChI=1S/C15H22N2O3/c1-4-9-17(10-5-2)15(20)16-12-8-6-7-11(3)13(12)14(18)19/h6-8H,4-5,9-10H2,1-3H3,(H,16,20)(H,18,19). The van der Waals surface area contributed by atoms with Gasteiger partial charge < -0.3 is 15.3 Å². The maximum atomic E-state index is 12.2. The molecule has 0 aliphatic carbocycles. The van der Waals surface area contributed by atoms with Gasteiger partial charge in [-0.15, -0.1) is 0 Å². The Morgan fingerprint density at radius 1 is 1.20 bits per heavy atom. The Hall–Kier alpha value is -2.04. The van der Waals surface area contributed by atoms with Gasteiger partial charge in [-0.2, -0.15) is 0 Å². The van der Waals surface area contributed by atoms with Crippen LogP contribution in [-0.4, -0.2) is 35.1 Å². The number of rotatable bonds is 6. The normalized spacial score (nSPS) is 10.2. The molecule has 0 spiro atoms. The van der Waals surface area contributed by atoms with E-state index in [1.807, 2.05) is 13.8 Å². The zero-order valence-electron chi connectivity index (χ0n) is 12.3. The van der Waals surface area contributed by atoms with E-state index in [9.17, 15) is 14.7 Å². The number of hydrogen-bond donors (Lipinski definition) is 2. The van der Waals surface area contributed by atoms with Gasteiger partial charge in [-0.05, 0) is 31.4 Å². The van der Waals surface area contributed by atoms with Crippen LogP contribution < -0.4 is 5.32 Å². The number of nitrogens with one attached hydrogen (secondary N) is 1. The average Bonchev–Trinajstić information content (AvgIpc) is 2.38. The van der Waals surface area contributed by atoms with E-state index in [2.05, 4.69) is 5.32 Å². The van der Waals surface area contributed by atoms with Crippen molar-refractivity contribution >= 4 is 17.7 Å². The molecule has 0 saturated carbocycles. The Balaban J connectivity index is 2.94. The lowest BCUT2D eigenvalue weighted by molar-refractivity contribution is 0.0697. The van der Waals surface area contributed by atoms with Gasteiger partial charge in [0.25, 0.3) is 0 Å². The summed E-state index contributed by atoms with van der Waals surface area (Å²) in [5.74, 6) is -1.03. The van der Waals surface area contributed by atoms with E-state index in [1.165, 1.54) is 0 Å². The predicted molar refractivity (Wildman–Crippen MR) is 79.3 cm³/mol. The highest BCUT2D eigenvalue weighted by molar-refractivity contribution is 6.01. The number of aromatic carboxylic acids is 1. The highest BCUT2D eigenvalue weighted by Gasteiger charge is 2.17. The lowest BCUT2D eigenvalue weighted by Crippen LogP contribution is -2.36. The summed E-state index contributed by atoms with van der Waals surface area (Å²) < 4.78 is 0. The summed E-state index contributed by atoms with van der Waals surface area (Å²) >= 11 is 0. The molecular weight excluding hydrogens is 256 g/mol. The second-order valence-corrected chi connectivity index (χ2v) is 4.72. The first-order valence-corrected chi connectivity index (χ1v) is 6.90. The zero-order valence-corrected chi connectivity index (χ0v) is 12.3. The monoisotopic (exact) mass is 278 g/mol. The van der Waals surface area contributed by atoms with E-state index in [0.717, 1.165) is 12.8 Å². The first-order valence-electron chi connectivity index (χ1n) is 6.90. The van der Waals surface area contributed by atoms with Crippen LogP contribution in [0.25, 0.3) is 0 Å². The fourth-order valence-corrected chi connectivity index (χ4v) is 2.10. The SMILES string of the molecule is CCCN(CCC)C(=O)Nc1cccc(C)c1C(=O)O. The number of carboxylic acid groups (broad SMARTS) is 1. The van der Waals surface area contributed by atoms with Crippen LogP contribution in [0.5, 0.6) is 0 Å². The maximum Gasteiger partial charge on any atom is 0.338 e. The number of carbonyl (C=O) groups is 2. The smallest absolute Gasteiger partial charge is 0.338 e. The molecule has 2 N–H and O–H groups in total. The van der Waals surface area contributed by atoms with Crippen molar-refractivity contribution in [2.24, 2.45) is 0 Å². The molecule has 0 bridgehead atoms. The van der Waals surface area contributed by atoms with Gasteiger partial charge in [0, 0.05) is 13.1 Å². The van der Waals surface area contributed by atoms with Gasteiger partial charge in [0.05, 0.1) is 11.3 Å². The molecule has 1 aromatic carbocycles. The first kappa shape index (κ1) is 16.0. The predicted octanol–water partition coefficient (Wildman–Crippen LogP) is 3.35. The summed E-state index contributed by atoms with van der Waals surface area (Å²) in [6.07, 6.45) is 1.74. The van der Waals surface area contributed by atoms with Crippen LogP contribution >= 0.6 is 0 Å². The second-order valence-electron chi connectivity index (χ2n) is 4.72. The van der Waals surface area contributed by atoms with Crippen molar-refractivity contribution in [3.05, 3.63) is 29.3 Å². The number of anilines is 1. The Morgan fingerprint density at radius 3 is 2.30 bits per heavy atom. The average molecular weight is 278 g/mol. The van der Waals surface area contributed by atoms with Crippen LogP contribution in [0.1, 0.15) is 42.6 Å². The molecule has 0 heterocycles. The van der Waals surface area contributed by atoms with Crippen molar-refractivity contribution in [1.82, 2.24) is 4.90 Å². The topological polar surface area (TPSA) is 69.6 Å². The molecule has 110 valence electrons. The fraction of sp³-hybridized carbons (Fsp3) is 0.467. The summed E-state index contributed by atoms with van der Waals surface area (Å²) in [5, 5.41) is 11.9. The fourth-order valence-electron chi connectivity index (χ4n) is 2.10. The zero-order chi connectivity index (χ0) is 15.1. The first-order chi connectivity index (χ1) is 9.51. The van der Waals surface area contributed by atoms with Gasteiger partial charge in [0.15, 0.2) is 0 Å². The van der Waals surface area contributed by atoms with Gasteiger partial charge in [0.1, 0.15) is 0 Å². The van der Waals surface area contributed by atoms with Crippen LogP contribution in [0.2, 0.25) is 0 Å². The Labute approximate surface area is 119 Å². The molecule has 2 amide bonds. The van der Waals surface area contributed by atoms with Crippen molar-refractivity contribution in [2.75, 3.05) is 18.4 Å². The van der Waals surface area contributed by atoms with Crippen molar-refractivity contribution in [3.63, 3.8) is 0 Å². The van der Waals surface area contributed by atoms with E-state index in [1.54, 1.807) is 30.0 Å². The number of hydrogen-bond acceptors (Lipinski definition) is 2. The van der Waals surface area contributed by atoms with E-state index in [4.69, 9.17) is 0 Å². The van der Waals surface area contributed by atoms with Gasteiger partial charge in [-0.3, -0.25) is 0 Å². The lowest BCUT2D eigenvalue weighted by atomic mass is 10.1. The van der Waals surface area contributed by atoms with Crippen molar-refractivity contribution in [1.29, 1.82) is 0 Å². The van der Waals surface area contributed by atoms with Crippen molar-refractivity contribution in [3.8, 4) is 0 Å². The summed E-state index contributed by atoms with van der Waals surface area (Å²) in [6, 6.07) is 4.82. The van der Waals surface area contributed by atoms with Gasteiger partial charge in [-0.1, -0.05) is 26.0 Å². The summed E-state index contributed by atoms with van der Waals surface area (Å²) in [6.45, 7) is 7.05. The molecular formula is C15H22N2O3. The number of benzene rings is 1. The van der Waals surface area contributed by atoms with Gasteiger partial charge >= 0.3 is 12.0 Å². The molecule has 0 aromatic heterocycles. The molecule has 0 fully saturated rings. The van der Waals surface area contributed by atoms with Crippen molar-refractivity contribution in [2.45, 2.75) is 33.6 Å². The number of aryl methyl sites for hydroxylation is 1. The van der Waals surface area contributed by atoms with Crippen LogP contribution in [0, 0.1) is 6.92 Å². The Morgan fingerprint density at radius 2 is 1.80 bits per heavy atom. The molecule has 0 unspecified atom stereocenters. The lowest BCUT2D eigenvalue weighted by Gasteiger charge is -2.22. The minimum Gasteiger partial charge on any atom is -0.478 e. The van der Waals surface area contributed by atoms with Gasteiger partial charge in [-0.25, -0.2) is 9.59 Å². The molecule has 0 atom stereocenters. The Bertz CT molecular complexity index is 480. The molecule has 5 heteroatoms. The largest absolute Gasteiger partial charge is 0.478 e. The molecule has 0 aliphatic rings. The maximum absolute atomic E-state index is 12.2. The quantitative estimate of drug-likeness (QED) is 0.838.